The van der Waals surface area contributed by atoms with Crippen molar-refractivity contribution in [2.24, 2.45) is 0 Å². The second kappa shape index (κ2) is 9.29. The van der Waals surface area contributed by atoms with Crippen molar-refractivity contribution in [3.63, 3.8) is 0 Å². The maximum absolute atomic E-state index is 12.1. The molecule has 0 radical (unpaired) electrons. The molecule has 4 rings (SSSR count). The van der Waals surface area contributed by atoms with Crippen LogP contribution < -0.4 is 16.2 Å². The van der Waals surface area contributed by atoms with Crippen LogP contribution in [0, 0.1) is 0 Å². The van der Waals surface area contributed by atoms with Crippen LogP contribution in [-0.2, 0) is 4.74 Å². The van der Waals surface area contributed by atoms with Crippen LogP contribution in [0.25, 0.3) is 28.2 Å². The number of amides is 3. The van der Waals surface area contributed by atoms with E-state index in [0.29, 0.717) is 17.0 Å². The number of nitrogens with one attached hydrogen (secondary N) is 3. The SMILES string of the molecule is CC(=O)n1ccc(-c2ccc(-c3cn4cc(NC(=O)NNC(=O)OC(C)(C)C)ccc4n3)cc2)n1. The summed E-state index contributed by atoms with van der Waals surface area (Å²) in [7, 11) is 0. The molecule has 0 fully saturated rings. The van der Waals surface area contributed by atoms with Crippen LogP contribution in [0.5, 0.6) is 0 Å². The van der Waals surface area contributed by atoms with Gasteiger partial charge in [-0.1, -0.05) is 24.3 Å². The summed E-state index contributed by atoms with van der Waals surface area (Å²) in [6.07, 6.45) is 4.42. The van der Waals surface area contributed by atoms with Crippen LogP contribution in [-0.4, -0.2) is 42.8 Å². The fraction of sp³-hybridized carbons (Fsp3) is 0.208. The van der Waals surface area contributed by atoms with E-state index in [0.717, 1.165) is 16.8 Å². The lowest BCUT2D eigenvalue weighted by molar-refractivity contribution is 0.0506. The monoisotopic (exact) mass is 475 g/mol. The first-order valence-electron chi connectivity index (χ1n) is 10.8. The number of rotatable bonds is 3. The highest BCUT2D eigenvalue weighted by molar-refractivity contribution is 5.90. The minimum Gasteiger partial charge on any atom is -0.443 e. The van der Waals surface area contributed by atoms with Crippen molar-refractivity contribution >= 4 is 29.4 Å². The number of hydrazine groups is 1. The number of benzene rings is 1. The van der Waals surface area contributed by atoms with Gasteiger partial charge < -0.3 is 14.5 Å². The molecule has 3 heterocycles. The van der Waals surface area contributed by atoms with Gasteiger partial charge in [0.05, 0.1) is 17.1 Å². The predicted molar refractivity (Wildman–Crippen MR) is 130 cm³/mol. The van der Waals surface area contributed by atoms with E-state index < -0.39 is 17.7 Å². The molecule has 3 N–H and O–H groups in total. The Morgan fingerprint density at radius 3 is 2.20 bits per heavy atom. The van der Waals surface area contributed by atoms with Crippen molar-refractivity contribution < 1.29 is 19.1 Å². The van der Waals surface area contributed by atoms with Gasteiger partial charge in [0.1, 0.15) is 11.2 Å². The molecular formula is C24H25N7O4. The van der Waals surface area contributed by atoms with Crippen LogP contribution in [0.2, 0.25) is 0 Å². The summed E-state index contributed by atoms with van der Waals surface area (Å²) in [5.41, 5.74) is 8.18. The first kappa shape index (κ1) is 23.5. The number of imidazole rings is 1. The van der Waals surface area contributed by atoms with E-state index in [9.17, 15) is 14.4 Å². The molecule has 0 unspecified atom stereocenters. The number of fused-ring (bicyclic) bond motifs is 1. The van der Waals surface area contributed by atoms with Crippen molar-refractivity contribution in [2.45, 2.75) is 33.3 Å². The van der Waals surface area contributed by atoms with Crippen molar-refractivity contribution in [3.05, 3.63) is 61.1 Å². The number of anilines is 1. The smallest absolute Gasteiger partial charge is 0.426 e. The average molecular weight is 476 g/mol. The molecule has 11 heteroatoms. The number of hydrogen-bond donors (Lipinski definition) is 3. The molecule has 1 aromatic carbocycles. The largest absolute Gasteiger partial charge is 0.443 e. The molecule has 0 aliphatic rings. The standard InChI is InChI=1S/C24H25N7O4/c1-15(32)31-12-11-19(29-31)16-5-7-17(8-6-16)20-14-30-13-18(9-10-21(30)26-20)25-22(33)27-28-23(34)35-24(2,3)4/h5-14H,1-4H3,(H,28,34)(H2,25,27,33). The van der Waals surface area contributed by atoms with Gasteiger partial charge in [-0.2, -0.15) is 5.10 Å². The molecule has 0 saturated carbocycles. The quantitative estimate of drug-likeness (QED) is 0.383. The normalized spacial score (nSPS) is 11.2. The fourth-order valence-electron chi connectivity index (χ4n) is 3.24. The van der Waals surface area contributed by atoms with Crippen LogP contribution in [0.15, 0.2) is 61.1 Å². The molecule has 0 atom stereocenters. The maximum atomic E-state index is 12.1. The third-order valence-electron chi connectivity index (χ3n) is 4.77. The summed E-state index contributed by atoms with van der Waals surface area (Å²) in [4.78, 5) is 39.8. The Kier molecular flexibility index (Phi) is 6.24. The second-order valence-corrected chi connectivity index (χ2v) is 8.76. The topological polar surface area (TPSA) is 132 Å². The van der Waals surface area contributed by atoms with Crippen LogP contribution >= 0.6 is 0 Å². The average Bonchev–Trinajstić information content (AvgIpc) is 3.44. The van der Waals surface area contributed by atoms with Gasteiger partial charge in [0.2, 0.25) is 5.91 Å². The first-order chi connectivity index (χ1) is 16.6. The Balaban J connectivity index is 1.42. The van der Waals surface area contributed by atoms with E-state index in [2.05, 4.69) is 26.3 Å². The molecule has 180 valence electrons. The van der Waals surface area contributed by atoms with Gasteiger partial charge in [-0.05, 0) is 39.0 Å². The Morgan fingerprint density at radius 2 is 1.57 bits per heavy atom. The number of aromatic nitrogens is 4. The molecule has 0 aliphatic heterocycles. The zero-order valence-corrected chi connectivity index (χ0v) is 19.7. The summed E-state index contributed by atoms with van der Waals surface area (Å²) in [5.74, 6) is -0.150. The Morgan fingerprint density at radius 1 is 0.886 bits per heavy atom. The number of hydrogen-bond acceptors (Lipinski definition) is 6. The number of pyridine rings is 1. The predicted octanol–water partition coefficient (Wildman–Crippen LogP) is 4.09. The molecule has 0 bridgehead atoms. The molecule has 3 aromatic heterocycles. The minimum atomic E-state index is -0.763. The molecule has 11 nitrogen and oxygen atoms in total. The first-order valence-corrected chi connectivity index (χ1v) is 10.8. The summed E-state index contributed by atoms with van der Waals surface area (Å²) in [6.45, 7) is 6.62. The zero-order chi connectivity index (χ0) is 25.2. The molecule has 35 heavy (non-hydrogen) atoms. The van der Waals surface area contributed by atoms with Crippen LogP contribution in [0.3, 0.4) is 0 Å². The van der Waals surface area contributed by atoms with Crippen molar-refractivity contribution in [2.75, 3.05) is 5.32 Å². The molecule has 0 spiro atoms. The molecular weight excluding hydrogens is 450 g/mol. The summed E-state index contributed by atoms with van der Waals surface area (Å²) in [6, 6.07) is 12.3. The molecule has 0 aliphatic carbocycles. The van der Waals surface area contributed by atoms with E-state index in [4.69, 9.17) is 4.74 Å². The van der Waals surface area contributed by atoms with Gasteiger partial charge in [0.15, 0.2) is 0 Å². The highest BCUT2D eigenvalue weighted by Gasteiger charge is 2.16. The van der Waals surface area contributed by atoms with Crippen molar-refractivity contribution in [1.29, 1.82) is 0 Å². The van der Waals surface area contributed by atoms with E-state index in [1.165, 1.54) is 11.6 Å². The second-order valence-electron chi connectivity index (χ2n) is 8.76. The fourth-order valence-corrected chi connectivity index (χ4v) is 3.24. The van der Waals surface area contributed by atoms with Gasteiger partial charge >= 0.3 is 12.1 Å². The number of urea groups is 1. The minimum absolute atomic E-state index is 0.150. The van der Waals surface area contributed by atoms with Gasteiger partial charge in [-0.3, -0.25) is 4.79 Å². The lowest BCUT2D eigenvalue weighted by atomic mass is 10.1. The maximum Gasteiger partial charge on any atom is 0.426 e. The van der Waals surface area contributed by atoms with Gasteiger partial charge in [0, 0.05) is 36.6 Å². The molecule has 0 saturated heterocycles. The third-order valence-corrected chi connectivity index (χ3v) is 4.77. The molecule has 4 aromatic rings. The Bertz CT molecular complexity index is 1400. The summed E-state index contributed by atoms with van der Waals surface area (Å²) < 4.78 is 8.14. The zero-order valence-electron chi connectivity index (χ0n) is 19.7. The number of nitrogens with zero attached hydrogens (tertiary/aromatic N) is 4. The van der Waals surface area contributed by atoms with E-state index in [-0.39, 0.29) is 5.91 Å². The van der Waals surface area contributed by atoms with Gasteiger partial charge in [0.25, 0.3) is 0 Å². The summed E-state index contributed by atoms with van der Waals surface area (Å²) >= 11 is 0. The highest BCUT2D eigenvalue weighted by atomic mass is 16.6. The Labute approximate surface area is 201 Å². The third kappa shape index (κ3) is 5.82. The number of carbonyl (C=O) groups is 3. The van der Waals surface area contributed by atoms with Crippen molar-refractivity contribution in [1.82, 2.24) is 30.0 Å². The van der Waals surface area contributed by atoms with Gasteiger partial charge in [-0.25, -0.2) is 30.1 Å². The lowest BCUT2D eigenvalue weighted by Gasteiger charge is -2.19. The van der Waals surface area contributed by atoms with E-state index >= 15 is 0 Å². The summed E-state index contributed by atoms with van der Waals surface area (Å²) in [5, 5.41) is 6.90. The van der Waals surface area contributed by atoms with E-state index in [1.807, 2.05) is 30.5 Å². The highest BCUT2D eigenvalue weighted by Crippen LogP contribution is 2.24. The van der Waals surface area contributed by atoms with Crippen LogP contribution in [0.1, 0.15) is 32.5 Å². The Hall–Kier alpha value is -4.67. The lowest BCUT2D eigenvalue weighted by Crippen LogP contribution is -2.46. The van der Waals surface area contributed by atoms with E-state index in [1.54, 1.807) is 55.8 Å². The van der Waals surface area contributed by atoms with Gasteiger partial charge in [-0.15, -0.1) is 0 Å². The number of ether oxygens (including phenoxy) is 1. The number of carbonyl (C=O) groups excluding carboxylic acids is 3. The molecule has 3 amide bonds. The van der Waals surface area contributed by atoms with Crippen molar-refractivity contribution in [3.8, 4) is 22.5 Å². The van der Waals surface area contributed by atoms with Crippen LogP contribution in [0.4, 0.5) is 15.3 Å².